The van der Waals surface area contributed by atoms with Crippen LogP contribution in [0.4, 0.5) is 0 Å². The molecule has 1 fully saturated rings. The summed E-state index contributed by atoms with van der Waals surface area (Å²) in [5.41, 5.74) is 1.27. The lowest BCUT2D eigenvalue weighted by Gasteiger charge is -2.38. The Kier molecular flexibility index (Phi) is 4.61. The molecular formula is C14H25N3OS. The first-order chi connectivity index (χ1) is 8.93. The highest BCUT2D eigenvalue weighted by molar-refractivity contribution is 7.09. The Morgan fingerprint density at radius 3 is 2.84 bits per heavy atom. The Labute approximate surface area is 120 Å². The minimum Gasteiger partial charge on any atom is -0.374 e. The van der Waals surface area contributed by atoms with Crippen molar-refractivity contribution < 1.29 is 4.74 Å². The zero-order valence-corrected chi connectivity index (χ0v) is 13.4. The van der Waals surface area contributed by atoms with Crippen molar-refractivity contribution >= 4 is 11.3 Å². The lowest BCUT2D eigenvalue weighted by atomic mass is 9.98. The van der Waals surface area contributed by atoms with Gasteiger partial charge in [-0.25, -0.2) is 4.98 Å². The number of hydrogen-bond donors (Lipinski definition) is 1. The normalized spacial score (nSPS) is 25.7. The molecule has 0 aliphatic carbocycles. The second-order valence-electron chi connectivity index (χ2n) is 6.22. The Hall–Kier alpha value is -0.490. The smallest absolute Gasteiger partial charge is 0.0982 e. The summed E-state index contributed by atoms with van der Waals surface area (Å²) in [7, 11) is 4.13. The molecule has 2 rings (SSSR count). The maximum Gasteiger partial charge on any atom is 0.0982 e. The molecule has 0 bridgehead atoms. The number of aromatic nitrogens is 1. The van der Waals surface area contributed by atoms with Crippen LogP contribution in [-0.4, -0.2) is 49.8 Å². The van der Waals surface area contributed by atoms with E-state index in [0.29, 0.717) is 0 Å². The van der Waals surface area contributed by atoms with Crippen LogP contribution < -0.4 is 5.32 Å². The van der Waals surface area contributed by atoms with E-state index < -0.39 is 0 Å². The minimum absolute atomic E-state index is 0.121. The van der Waals surface area contributed by atoms with Crippen molar-refractivity contribution in [2.75, 3.05) is 33.8 Å². The highest BCUT2D eigenvalue weighted by Crippen LogP contribution is 2.32. The lowest BCUT2D eigenvalue weighted by Crippen LogP contribution is -2.47. The van der Waals surface area contributed by atoms with Gasteiger partial charge in [0, 0.05) is 23.9 Å². The first-order valence-corrected chi connectivity index (χ1v) is 7.74. The fourth-order valence-electron chi connectivity index (χ4n) is 2.42. The van der Waals surface area contributed by atoms with Crippen LogP contribution in [0, 0.1) is 0 Å². The first kappa shape index (κ1) is 14.9. The van der Waals surface area contributed by atoms with Gasteiger partial charge in [-0.2, -0.15) is 0 Å². The van der Waals surface area contributed by atoms with Crippen molar-refractivity contribution in [2.45, 2.75) is 38.3 Å². The molecular weight excluding hydrogens is 258 g/mol. The van der Waals surface area contributed by atoms with Gasteiger partial charge in [0.25, 0.3) is 0 Å². The largest absolute Gasteiger partial charge is 0.374 e. The van der Waals surface area contributed by atoms with Crippen LogP contribution >= 0.6 is 11.3 Å². The van der Waals surface area contributed by atoms with E-state index in [1.165, 1.54) is 5.01 Å². The Morgan fingerprint density at radius 1 is 1.53 bits per heavy atom. The van der Waals surface area contributed by atoms with Crippen molar-refractivity contribution in [3.63, 3.8) is 0 Å². The SMILES string of the molecule is CNCC1OCCN(C)C1c1csc(C(C)(C)C)n1. The summed E-state index contributed by atoms with van der Waals surface area (Å²) in [6.45, 7) is 9.26. The third kappa shape index (κ3) is 3.34. The van der Waals surface area contributed by atoms with E-state index in [1.807, 2.05) is 7.05 Å². The lowest BCUT2D eigenvalue weighted by molar-refractivity contribution is -0.0618. The second kappa shape index (κ2) is 5.87. The molecule has 4 nitrogen and oxygen atoms in total. The maximum absolute atomic E-state index is 5.91. The summed E-state index contributed by atoms with van der Waals surface area (Å²) >= 11 is 1.76. The van der Waals surface area contributed by atoms with Crippen molar-refractivity contribution in [3.8, 4) is 0 Å². The molecule has 2 heterocycles. The average molecular weight is 283 g/mol. The first-order valence-electron chi connectivity index (χ1n) is 6.86. The monoisotopic (exact) mass is 283 g/mol. The molecule has 0 amide bonds. The fourth-order valence-corrected chi connectivity index (χ4v) is 3.35. The van der Waals surface area contributed by atoms with Crippen molar-refractivity contribution in [1.82, 2.24) is 15.2 Å². The van der Waals surface area contributed by atoms with Gasteiger partial charge in [0.05, 0.1) is 29.5 Å². The zero-order chi connectivity index (χ0) is 14.0. The van der Waals surface area contributed by atoms with E-state index >= 15 is 0 Å². The highest BCUT2D eigenvalue weighted by atomic mass is 32.1. The molecule has 1 aromatic rings. The molecule has 0 saturated carbocycles. The van der Waals surface area contributed by atoms with Gasteiger partial charge in [-0.3, -0.25) is 4.90 Å². The predicted molar refractivity (Wildman–Crippen MR) is 79.9 cm³/mol. The van der Waals surface area contributed by atoms with Gasteiger partial charge < -0.3 is 10.1 Å². The van der Waals surface area contributed by atoms with Crippen LogP contribution in [0.25, 0.3) is 0 Å². The Morgan fingerprint density at radius 2 is 2.26 bits per heavy atom. The molecule has 2 unspecified atom stereocenters. The van der Waals surface area contributed by atoms with Crippen LogP contribution in [0.5, 0.6) is 0 Å². The molecule has 0 spiro atoms. The number of nitrogens with zero attached hydrogens (tertiary/aromatic N) is 2. The standard InChI is InChI=1S/C14H25N3OS/c1-14(2,3)13-16-10(9-19-13)12-11(8-15-4)18-7-6-17(12)5/h9,11-12,15H,6-8H2,1-5H3. The van der Waals surface area contributed by atoms with Gasteiger partial charge in [-0.1, -0.05) is 20.8 Å². The van der Waals surface area contributed by atoms with Gasteiger partial charge in [-0.15, -0.1) is 11.3 Å². The van der Waals surface area contributed by atoms with E-state index in [2.05, 4.69) is 43.4 Å². The van der Waals surface area contributed by atoms with Crippen molar-refractivity contribution in [1.29, 1.82) is 0 Å². The molecule has 19 heavy (non-hydrogen) atoms. The van der Waals surface area contributed by atoms with Crippen LogP contribution in [0.1, 0.15) is 37.5 Å². The fraction of sp³-hybridized carbons (Fsp3) is 0.786. The van der Waals surface area contributed by atoms with Crippen molar-refractivity contribution in [2.24, 2.45) is 0 Å². The van der Waals surface area contributed by atoms with Crippen LogP contribution in [0.3, 0.4) is 0 Å². The molecule has 1 aliphatic rings. The highest BCUT2D eigenvalue weighted by Gasteiger charge is 2.33. The van der Waals surface area contributed by atoms with Gasteiger partial charge in [0.2, 0.25) is 0 Å². The van der Waals surface area contributed by atoms with Gasteiger partial charge >= 0.3 is 0 Å². The van der Waals surface area contributed by atoms with E-state index in [-0.39, 0.29) is 17.6 Å². The number of hydrogen-bond acceptors (Lipinski definition) is 5. The molecule has 1 saturated heterocycles. The summed E-state index contributed by atoms with van der Waals surface area (Å²) in [5.74, 6) is 0. The quantitative estimate of drug-likeness (QED) is 0.921. The van der Waals surface area contributed by atoms with Crippen molar-refractivity contribution in [3.05, 3.63) is 16.1 Å². The van der Waals surface area contributed by atoms with E-state index in [1.54, 1.807) is 11.3 Å². The predicted octanol–water partition coefficient (Wildman–Crippen LogP) is 2.03. The average Bonchev–Trinajstić information content (AvgIpc) is 2.78. The number of morpholine rings is 1. The molecule has 0 radical (unpaired) electrons. The summed E-state index contributed by atoms with van der Waals surface area (Å²) < 4.78 is 5.91. The zero-order valence-electron chi connectivity index (χ0n) is 12.6. The van der Waals surface area contributed by atoms with Gasteiger partial charge in [0.1, 0.15) is 0 Å². The topological polar surface area (TPSA) is 37.4 Å². The second-order valence-corrected chi connectivity index (χ2v) is 7.08. The summed E-state index contributed by atoms with van der Waals surface area (Å²) in [6, 6.07) is 0.258. The number of thiazole rings is 1. The van der Waals surface area contributed by atoms with Gasteiger partial charge in [0.15, 0.2) is 0 Å². The van der Waals surface area contributed by atoms with Crippen LogP contribution in [-0.2, 0) is 10.2 Å². The maximum atomic E-state index is 5.91. The summed E-state index contributed by atoms with van der Waals surface area (Å²) in [6.07, 6.45) is 0.179. The van der Waals surface area contributed by atoms with Crippen LogP contribution in [0.2, 0.25) is 0 Å². The van der Waals surface area contributed by atoms with Gasteiger partial charge in [-0.05, 0) is 14.1 Å². The summed E-state index contributed by atoms with van der Waals surface area (Å²) in [5, 5.41) is 6.61. The summed E-state index contributed by atoms with van der Waals surface area (Å²) in [4.78, 5) is 7.21. The van der Waals surface area contributed by atoms with E-state index in [0.717, 1.165) is 25.4 Å². The molecule has 1 aliphatic heterocycles. The molecule has 0 aromatic carbocycles. The van der Waals surface area contributed by atoms with Crippen LogP contribution in [0.15, 0.2) is 5.38 Å². The molecule has 2 atom stereocenters. The number of likely N-dealkylation sites (N-methyl/N-ethyl adjacent to an activating group) is 2. The molecule has 108 valence electrons. The Balaban J connectivity index is 2.23. The molecule has 5 heteroatoms. The molecule has 1 aromatic heterocycles. The van der Waals surface area contributed by atoms with E-state index in [4.69, 9.17) is 9.72 Å². The Bertz CT molecular complexity index is 411. The minimum atomic E-state index is 0.121. The third-order valence-corrected chi connectivity index (χ3v) is 4.76. The number of nitrogens with one attached hydrogen (secondary N) is 1. The molecule has 1 N–H and O–H groups in total. The number of rotatable bonds is 3. The van der Waals surface area contributed by atoms with E-state index in [9.17, 15) is 0 Å². The number of ether oxygens (including phenoxy) is 1. The third-order valence-electron chi connectivity index (χ3n) is 3.47.